The van der Waals surface area contributed by atoms with Gasteiger partial charge in [0.05, 0.1) is 5.69 Å². The molecule has 0 saturated carbocycles. The number of aromatic nitrogens is 1. The van der Waals surface area contributed by atoms with Gasteiger partial charge in [-0.15, -0.1) is 11.3 Å². The van der Waals surface area contributed by atoms with E-state index in [4.69, 9.17) is 0 Å². The third-order valence-corrected chi connectivity index (χ3v) is 3.92. The Morgan fingerprint density at radius 2 is 2.16 bits per heavy atom. The molecule has 2 N–H and O–H groups in total. The van der Waals surface area contributed by atoms with Gasteiger partial charge in [0.25, 0.3) is 0 Å². The maximum atomic E-state index is 11.8. The largest absolute Gasteiger partial charge is 0.309 e. The van der Waals surface area contributed by atoms with Crippen molar-refractivity contribution in [1.29, 1.82) is 0 Å². The standard InChI is InChI=1S/C14H25N3OS/c1-5-7-15-11(4)12-9-19-14(16-12)17-13(18)8-10(3)6-2/h9-11,15H,5-8H2,1-4H3,(H,16,17,18). The fourth-order valence-electron chi connectivity index (χ4n) is 1.64. The van der Waals surface area contributed by atoms with Crippen LogP contribution in [0.1, 0.15) is 58.7 Å². The lowest BCUT2D eigenvalue weighted by molar-refractivity contribution is -0.117. The number of thiazole rings is 1. The second-order valence-electron chi connectivity index (χ2n) is 5.02. The number of carbonyl (C=O) groups is 1. The zero-order chi connectivity index (χ0) is 14.3. The Morgan fingerprint density at radius 3 is 2.79 bits per heavy atom. The van der Waals surface area contributed by atoms with Crippen LogP contribution >= 0.6 is 11.3 Å². The first-order valence-electron chi connectivity index (χ1n) is 7.05. The van der Waals surface area contributed by atoms with Crippen molar-refractivity contribution < 1.29 is 4.79 Å². The molecule has 5 heteroatoms. The van der Waals surface area contributed by atoms with Crippen molar-refractivity contribution in [3.05, 3.63) is 11.1 Å². The van der Waals surface area contributed by atoms with Crippen molar-refractivity contribution in [3.8, 4) is 0 Å². The fourth-order valence-corrected chi connectivity index (χ4v) is 2.46. The van der Waals surface area contributed by atoms with Crippen LogP contribution in [-0.4, -0.2) is 17.4 Å². The third-order valence-electron chi connectivity index (χ3n) is 3.14. The highest BCUT2D eigenvalue weighted by molar-refractivity contribution is 7.13. The van der Waals surface area contributed by atoms with E-state index in [1.807, 2.05) is 5.38 Å². The number of carbonyl (C=O) groups excluding carboxylic acids is 1. The van der Waals surface area contributed by atoms with Crippen LogP contribution in [0.2, 0.25) is 0 Å². The highest BCUT2D eigenvalue weighted by Crippen LogP contribution is 2.21. The van der Waals surface area contributed by atoms with E-state index in [9.17, 15) is 4.79 Å². The number of rotatable bonds is 8. The summed E-state index contributed by atoms with van der Waals surface area (Å²) in [7, 11) is 0. The van der Waals surface area contributed by atoms with Crippen LogP contribution in [-0.2, 0) is 4.79 Å². The molecule has 0 aliphatic heterocycles. The van der Waals surface area contributed by atoms with Crippen molar-refractivity contribution in [3.63, 3.8) is 0 Å². The molecule has 1 aromatic heterocycles. The monoisotopic (exact) mass is 283 g/mol. The molecule has 1 amide bonds. The van der Waals surface area contributed by atoms with Crippen molar-refractivity contribution >= 4 is 22.4 Å². The van der Waals surface area contributed by atoms with E-state index in [0.29, 0.717) is 17.5 Å². The smallest absolute Gasteiger partial charge is 0.226 e. The van der Waals surface area contributed by atoms with Crippen LogP contribution in [0.3, 0.4) is 0 Å². The van der Waals surface area contributed by atoms with Crippen molar-refractivity contribution in [2.45, 2.75) is 53.0 Å². The lowest BCUT2D eigenvalue weighted by Gasteiger charge is -2.10. The summed E-state index contributed by atoms with van der Waals surface area (Å²) in [6, 6.07) is 0.233. The first-order valence-corrected chi connectivity index (χ1v) is 7.93. The van der Waals surface area contributed by atoms with Crippen LogP contribution < -0.4 is 10.6 Å². The van der Waals surface area contributed by atoms with E-state index in [0.717, 1.165) is 25.1 Å². The number of amides is 1. The van der Waals surface area contributed by atoms with E-state index in [-0.39, 0.29) is 11.9 Å². The Bertz CT molecular complexity index is 392. The topological polar surface area (TPSA) is 54.0 Å². The Morgan fingerprint density at radius 1 is 1.42 bits per heavy atom. The number of anilines is 1. The zero-order valence-corrected chi connectivity index (χ0v) is 13.1. The molecule has 1 heterocycles. The molecule has 0 spiro atoms. The normalized spacial score (nSPS) is 14.1. The molecule has 0 aliphatic rings. The van der Waals surface area contributed by atoms with Gasteiger partial charge in [0.15, 0.2) is 5.13 Å². The number of nitrogens with zero attached hydrogens (tertiary/aromatic N) is 1. The molecule has 0 bridgehead atoms. The van der Waals surface area contributed by atoms with Gasteiger partial charge in [-0.05, 0) is 25.8 Å². The van der Waals surface area contributed by atoms with Gasteiger partial charge in [0.1, 0.15) is 0 Å². The van der Waals surface area contributed by atoms with Crippen LogP contribution in [0.15, 0.2) is 5.38 Å². The highest BCUT2D eigenvalue weighted by Gasteiger charge is 2.12. The molecule has 0 radical (unpaired) electrons. The summed E-state index contributed by atoms with van der Waals surface area (Å²) >= 11 is 1.49. The molecule has 0 saturated heterocycles. The predicted octanol–water partition coefficient (Wildman–Crippen LogP) is 3.58. The van der Waals surface area contributed by atoms with E-state index in [2.05, 4.69) is 43.3 Å². The van der Waals surface area contributed by atoms with Crippen LogP contribution in [0.25, 0.3) is 0 Å². The molecule has 2 unspecified atom stereocenters. The molecule has 0 aromatic carbocycles. The van der Waals surface area contributed by atoms with Gasteiger partial charge in [-0.2, -0.15) is 0 Å². The number of nitrogens with one attached hydrogen (secondary N) is 2. The molecular formula is C14H25N3OS. The number of hydrogen-bond acceptors (Lipinski definition) is 4. The summed E-state index contributed by atoms with van der Waals surface area (Å²) in [5, 5.41) is 8.98. The van der Waals surface area contributed by atoms with Gasteiger partial charge in [0.2, 0.25) is 5.91 Å². The summed E-state index contributed by atoms with van der Waals surface area (Å²) in [5.74, 6) is 0.481. The van der Waals surface area contributed by atoms with Crippen LogP contribution in [0.4, 0.5) is 5.13 Å². The van der Waals surface area contributed by atoms with E-state index in [1.165, 1.54) is 11.3 Å². The van der Waals surface area contributed by atoms with Crippen molar-refractivity contribution in [2.24, 2.45) is 5.92 Å². The predicted molar refractivity (Wildman–Crippen MR) is 81.5 cm³/mol. The van der Waals surface area contributed by atoms with Crippen LogP contribution in [0.5, 0.6) is 0 Å². The average Bonchev–Trinajstić information content (AvgIpc) is 2.84. The molecule has 19 heavy (non-hydrogen) atoms. The molecular weight excluding hydrogens is 258 g/mol. The summed E-state index contributed by atoms with van der Waals surface area (Å²) in [6.45, 7) is 9.40. The maximum absolute atomic E-state index is 11.8. The molecule has 2 atom stereocenters. The Hall–Kier alpha value is -0.940. The first-order chi connectivity index (χ1) is 9.06. The van der Waals surface area contributed by atoms with Gasteiger partial charge in [-0.1, -0.05) is 27.2 Å². The van der Waals surface area contributed by atoms with E-state index in [1.54, 1.807) is 0 Å². The molecule has 0 fully saturated rings. The second kappa shape index (κ2) is 8.27. The SMILES string of the molecule is CCCNC(C)c1csc(NC(=O)CC(C)CC)n1. The van der Waals surface area contributed by atoms with Gasteiger partial charge < -0.3 is 10.6 Å². The molecule has 0 aliphatic carbocycles. The molecule has 108 valence electrons. The van der Waals surface area contributed by atoms with Crippen molar-refractivity contribution in [2.75, 3.05) is 11.9 Å². The minimum Gasteiger partial charge on any atom is -0.309 e. The zero-order valence-electron chi connectivity index (χ0n) is 12.3. The van der Waals surface area contributed by atoms with E-state index >= 15 is 0 Å². The molecule has 1 aromatic rings. The minimum atomic E-state index is 0.0596. The Kier molecular flexibility index (Phi) is 7.02. The van der Waals surface area contributed by atoms with Gasteiger partial charge in [-0.3, -0.25) is 4.79 Å². The lowest BCUT2D eigenvalue weighted by Crippen LogP contribution is -2.19. The average molecular weight is 283 g/mol. The minimum absolute atomic E-state index is 0.0596. The lowest BCUT2D eigenvalue weighted by atomic mass is 10.1. The third kappa shape index (κ3) is 5.70. The number of hydrogen-bond donors (Lipinski definition) is 2. The summed E-state index contributed by atoms with van der Waals surface area (Å²) in [4.78, 5) is 16.2. The quantitative estimate of drug-likeness (QED) is 0.766. The Labute approximate surface area is 120 Å². The van der Waals surface area contributed by atoms with Gasteiger partial charge in [0, 0.05) is 17.8 Å². The first kappa shape index (κ1) is 16.1. The van der Waals surface area contributed by atoms with Crippen molar-refractivity contribution in [1.82, 2.24) is 10.3 Å². The second-order valence-corrected chi connectivity index (χ2v) is 5.88. The summed E-state index contributed by atoms with van der Waals surface area (Å²) < 4.78 is 0. The van der Waals surface area contributed by atoms with Gasteiger partial charge in [-0.25, -0.2) is 4.98 Å². The van der Waals surface area contributed by atoms with E-state index < -0.39 is 0 Å². The Balaban J connectivity index is 2.48. The maximum Gasteiger partial charge on any atom is 0.226 e. The summed E-state index contributed by atoms with van der Waals surface area (Å²) in [5.41, 5.74) is 0.997. The van der Waals surface area contributed by atoms with Gasteiger partial charge >= 0.3 is 0 Å². The molecule has 1 rings (SSSR count). The summed E-state index contributed by atoms with van der Waals surface area (Å²) in [6.07, 6.45) is 2.69. The molecule has 4 nitrogen and oxygen atoms in total. The fraction of sp³-hybridized carbons (Fsp3) is 0.714. The van der Waals surface area contributed by atoms with Crippen LogP contribution in [0, 0.1) is 5.92 Å². The highest BCUT2D eigenvalue weighted by atomic mass is 32.1.